The Bertz CT molecular complexity index is 135. The first-order valence-corrected chi connectivity index (χ1v) is 13.8. The third-order valence-electron chi connectivity index (χ3n) is 6.82. The Kier molecular flexibility index (Phi) is 21.6. The molecule has 0 heteroatoms. The quantitative estimate of drug-likeness (QED) is 0.385. The summed E-state index contributed by atoms with van der Waals surface area (Å²) in [6, 6.07) is 0. The van der Waals surface area contributed by atoms with Crippen LogP contribution >= 0.6 is 0 Å². The minimum Gasteiger partial charge on any atom is -0.0533 e. The molecule has 0 aromatic rings. The van der Waals surface area contributed by atoms with E-state index >= 15 is 0 Å². The van der Waals surface area contributed by atoms with Crippen molar-refractivity contribution in [1.82, 2.24) is 0 Å². The summed E-state index contributed by atoms with van der Waals surface area (Å²) in [7, 11) is 0. The molecule has 0 spiro atoms. The third kappa shape index (κ3) is 20.7. The molecule has 0 aliphatic heterocycles. The summed E-state index contributed by atoms with van der Waals surface area (Å²) in [5.74, 6) is 0. The molecular formula is C28H55. The van der Waals surface area contributed by atoms with E-state index in [9.17, 15) is 0 Å². The Morgan fingerprint density at radius 1 is 0.179 bits per heavy atom. The van der Waals surface area contributed by atoms with Crippen LogP contribution in [0.4, 0.5) is 0 Å². The molecule has 0 unspecified atom stereocenters. The van der Waals surface area contributed by atoms with E-state index in [1.54, 1.807) is 0 Å². The molecule has 0 nitrogen and oxygen atoms in total. The van der Waals surface area contributed by atoms with Crippen LogP contribution in [-0.4, -0.2) is 0 Å². The molecule has 0 aromatic heterocycles. The van der Waals surface area contributed by atoms with Gasteiger partial charge in [0, 0.05) is 0 Å². The SMILES string of the molecule is [CH]1CCCCCCCCCCCCCCCCCCCCCCCCCCC1. The topological polar surface area (TPSA) is 0 Å². The van der Waals surface area contributed by atoms with Gasteiger partial charge in [0.1, 0.15) is 0 Å². The molecule has 0 saturated heterocycles. The highest BCUT2D eigenvalue weighted by atomic mass is 14.0. The van der Waals surface area contributed by atoms with E-state index in [1.807, 2.05) is 0 Å². The predicted molar refractivity (Wildman–Crippen MR) is 129 cm³/mol. The summed E-state index contributed by atoms with van der Waals surface area (Å²) < 4.78 is 0. The van der Waals surface area contributed by atoms with E-state index in [0.29, 0.717) is 0 Å². The van der Waals surface area contributed by atoms with Crippen LogP contribution in [0.25, 0.3) is 0 Å². The lowest BCUT2D eigenvalue weighted by molar-refractivity contribution is 0.513. The molecule has 0 atom stereocenters. The second kappa shape index (κ2) is 23.3. The van der Waals surface area contributed by atoms with Crippen LogP contribution < -0.4 is 0 Å². The maximum atomic E-state index is 2.58. The highest BCUT2D eigenvalue weighted by molar-refractivity contribution is 4.64. The van der Waals surface area contributed by atoms with E-state index in [1.165, 1.54) is 173 Å². The first kappa shape index (κ1) is 26.0. The van der Waals surface area contributed by atoms with E-state index in [-0.39, 0.29) is 0 Å². The van der Waals surface area contributed by atoms with E-state index < -0.39 is 0 Å². The monoisotopic (exact) mass is 391 g/mol. The van der Waals surface area contributed by atoms with E-state index in [0.717, 1.165) is 0 Å². The molecule has 0 amide bonds. The van der Waals surface area contributed by atoms with Gasteiger partial charge in [0.25, 0.3) is 0 Å². The minimum absolute atomic E-state index is 1.38. The van der Waals surface area contributed by atoms with Crippen molar-refractivity contribution in [3.63, 3.8) is 0 Å². The molecule has 0 bridgehead atoms. The Balaban J connectivity index is 2.00. The molecule has 0 heterocycles. The lowest BCUT2D eigenvalue weighted by Gasteiger charge is -2.05. The summed E-state index contributed by atoms with van der Waals surface area (Å²) in [6.07, 6.45) is 42.5. The molecular weight excluding hydrogens is 336 g/mol. The van der Waals surface area contributed by atoms with Gasteiger partial charge in [-0.05, 0) is 6.42 Å². The van der Waals surface area contributed by atoms with Crippen LogP contribution in [0.2, 0.25) is 0 Å². The van der Waals surface area contributed by atoms with Gasteiger partial charge < -0.3 is 0 Å². The molecule has 1 radical (unpaired) electrons. The smallest absolute Gasteiger partial charge is 0.0386 e. The maximum Gasteiger partial charge on any atom is -0.0386 e. The average Bonchev–Trinajstić information content (AvgIpc) is 2.71. The molecule has 28 heavy (non-hydrogen) atoms. The summed E-state index contributed by atoms with van der Waals surface area (Å²) in [6.45, 7) is 0. The fraction of sp³-hybridized carbons (Fsp3) is 0.964. The minimum atomic E-state index is 1.38. The average molecular weight is 392 g/mol. The largest absolute Gasteiger partial charge is 0.0533 e. The lowest BCUT2D eigenvalue weighted by atomic mass is 10.0. The standard InChI is InChI=1S/C28H55/c1-2-4-6-8-10-12-14-16-18-20-22-24-26-28-27-25-23-21-19-17-15-13-11-9-7-5-3-1/h1H,2-28H2. The normalized spacial score (nSPS) is 24.0. The Labute approximate surface area is 180 Å². The van der Waals surface area contributed by atoms with Crippen LogP contribution in [0.3, 0.4) is 0 Å². The van der Waals surface area contributed by atoms with Gasteiger partial charge in [0.2, 0.25) is 0 Å². The van der Waals surface area contributed by atoms with Crippen LogP contribution in [0.5, 0.6) is 0 Å². The van der Waals surface area contributed by atoms with E-state index in [2.05, 4.69) is 6.42 Å². The molecule has 1 saturated carbocycles. The predicted octanol–water partition coefficient (Wildman–Crippen LogP) is 10.7. The van der Waals surface area contributed by atoms with Crippen molar-refractivity contribution in [1.29, 1.82) is 0 Å². The van der Waals surface area contributed by atoms with Crippen molar-refractivity contribution < 1.29 is 0 Å². The van der Waals surface area contributed by atoms with Crippen molar-refractivity contribution in [3.8, 4) is 0 Å². The second-order valence-electron chi connectivity index (χ2n) is 9.70. The number of hydrogen-bond donors (Lipinski definition) is 0. The van der Waals surface area contributed by atoms with Gasteiger partial charge in [0.05, 0.1) is 0 Å². The van der Waals surface area contributed by atoms with Gasteiger partial charge in [-0.2, -0.15) is 0 Å². The summed E-state index contributed by atoms with van der Waals surface area (Å²) in [5.41, 5.74) is 0. The van der Waals surface area contributed by atoms with Crippen molar-refractivity contribution in [3.05, 3.63) is 6.42 Å². The van der Waals surface area contributed by atoms with Crippen LogP contribution in [-0.2, 0) is 0 Å². The van der Waals surface area contributed by atoms with Crippen molar-refractivity contribution in [2.24, 2.45) is 0 Å². The zero-order valence-electron chi connectivity index (χ0n) is 19.7. The molecule has 1 rings (SSSR count). The van der Waals surface area contributed by atoms with Crippen LogP contribution in [0.15, 0.2) is 0 Å². The summed E-state index contributed by atoms with van der Waals surface area (Å²) in [5, 5.41) is 0. The van der Waals surface area contributed by atoms with Gasteiger partial charge in [-0.15, -0.1) is 0 Å². The highest BCUT2D eigenvalue weighted by Crippen LogP contribution is 2.17. The van der Waals surface area contributed by atoms with Crippen molar-refractivity contribution in [2.45, 2.75) is 173 Å². The Hall–Kier alpha value is 0. The van der Waals surface area contributed by atoms with Crippen molar-refractivity contribution >= 4 is 0 Å². The Morgan fingerprint density at radius 2 is 0.321 bits per heavy atom. The number of hydrogen-bond acceptors (Lipinski definition) is 0. The van der Waals surface area contributed by atoms with Gasteiger partial charge in [-0.1, -0.05) is 173 Å². The zero-order chi connectivity index (χ0) is 19.8. The van der Waals surface area contributed by atoms with Crippen molar-refractivity contribution in [2.75, 3.05) is 0 Å². The number of rotatable bonds is 0. The van der Waals surface area contributed by atoms with E-state index in [4.69, 9.17) is 0 Å². The summed E-state index contributed by atoms with van der Waals surface area (Å²) >= 11 is 0. The molecule has 1 aliphatic carbocycles. The molecule has 167 valence electrons. The fourth-order valence-electron chi connectivity index (χ4n) is 4.79. The van der Waals surface area contributed by atoms with Gasteiger partial charge in [-0.25, -0.2) is 0 Å². The van der Waals surface area contributed by atoms with Gasteiger partial charge in [0.15, 0.2) is 0 Å². The second-order valence-corrected chi connectivity index (χ2v) is 9.70. The Morgan fingerprint density at radius 3 is 0.500 bits per heavy atom. The van der Waals surface area contributed by atoms with Crippen LogP contribution in [0.1, 0.15) is 173 Å². The van der Waals surface area contributed by atoms with Gasteiger partial charge >= 0.3 is 0 Å². The molecule has 1 fully saturated rings. The third-order valence-corrected chi connectivity index (χ3v) is 6.82. The highest BCUT2D eigenvalue weighted by Gasteiger charge is 1.97. The van der Waals surface area contributed by atoms with Crippen LogP contribution in [0, 0.1) is 6.42 Å². The fourth-order valence-corrected chi connectivity index (χ4v) is 4.79. The first-order valence-electron chi connectivity index (χ1n) is 13.8. The van der Waals surface area contributed by atoms with Gasteiger partial charge in [-0.3, -0.25) is 0 Å². The molecule has 0 aromatic carbocycles. The lowest BCUT2D eigenvalue weighted by Crippen LogP contribution is -1.86. The first-order chi connectivity index (χ1) is 14.0. The zero-order valence-corrected chi connectivity index (χ0v) is 19.7. The summed E-state index contributed by atoms with van der Waals surface area (Å²) in [4.78, 5) is 0. The maximum absolute atomic E-state index is 2.58. The molecule has 1 aliphatic rings. The molecule has 0 N–H and O–H groups in total.